The third kappa shape index (κ3) is 2.56. The molecule has 0 radical (unpaired) electrons. The molecule has 3 rings (SSSR count). The highest BCUT2D eigenvalue weighted by Crippen LogP contribution is 2.24. The van der Waals surface area contributed by atoms with Crippen LogP contribution in [0, 0.1) is 19.8 Å². The minimum atomic E-state index is 0.0691. The van der Waals surface area contributed by atoms with Crippen LogP contribution in [0.2, 0.25) is 0 Å². The van der Waals surface area contributed by atoms with E-state index in [0.29, 0.717) is 11.6 Å². The molecule has 1 saturated heterocycles. The number of nitrogens with one attached hydrogen (secondary N) is 1. The zero-order chi connectivity index (χ0) is 15.0. The third-order valence-corrected chi connectivity index (χ3v) is 4.73. The van der Waals surface area contributed by atoms with E-state index in [4.69, 9.17) is 0 Å². The lowest BCUT2D eigenvalue weighted by Gasteiger charge is -2.30. The summed E-state index contributed by atoms with van der Waals surface area (Å²) in [6.45, 7) is 5.87. The van der Waals surface area contributed by atoms with Crippen LogP contribution in [0.25, 0.3) is 10.9 Å². The van der Waals surface area contributed by atoms with Gasteiger partial charge in [-0.3, -0.25) is 4.79 Å². The van der Waals surface area contributed by atoms with Crippen LogP contribution < -0.4 is 0 Å². The number of benzene rings is 1. The molecule has 0 aliphatic carbocycles. The van der Waals surface area contributed by atoms with Gasteiger partial charge < -0.3 is 15.0 Å². The Morgan fingerprint density at radius 2 is 2.05 bits per heavy atom. The summed E-state index contributed by atoms with van der Waals surface area (Å²) in [6.07, 6.45) is 1.78. The molecular formula is C17H22N2O2. The van der Waals surface area contributed by atoms with E-state index >= 15 is 0 Å². The predicted molar refractivity (Wildman–Crippen MR) is 83.5 cm³/mol. The Labute approximate surface area is 124 Å². The lowest BCUT2D eigenvalue weighted by atomic mass is 9.98. The predicted octanol–water partition coefficient (Wildman–Crippen LogP) is 2.63. The van der Waals surface area contributed by atoms with E-state index < -0.39 is 0 Å². The zero-order valence-corrected chi connectivity index (χ0v) is 12.6. The average Bonchev–Trinajstić information content (AvgIpc) is 2.95. The van der Waals surface area contributed by atoms with Gasteiger partial charge in [-0.25, -0.2) is 0 Å². The Balaban J connectivity index is 1.84. The van der Waals surface area contributed by atoms with E-state index in [9.17, 15) is 9.90 Å². The van der Waals surface area contributed by atoms with Crippen LogP contribution in [0.4, 0.5) is 0 Å². The van der Waals surface area contributed by atoms with E-state index in [1.165, 1.54) is 11.1 Å². The molecule has 112 valence electrons. The van der Waals surface area contributed by atoms with Crippen molar-refractivity contribution in [1.82, 2.24) is 9.88 Å². The number of fused-ring (bicyclic) bond motifs is 1. The first kappa shape index (κ1) is 14.1. The molecule has 1 aromatic carbocycles. The number of aliphatic hydroxyl groups excluding tert-OH is 1. The van der Waals surface area contributed by atoms with Crippen LogP contribution >= 0.6 is 0 Å². The number of carbonyl (C=O) groups is 1. The molecule has 2 heterocycles. The van der Waals surface area contributed by atoms with E-state index in [1.807, 2.05) is 17.0 Å². The molecule has 0 saturated carbocycles. The molecule has 4 nitrogen and oxygen atoms in total. The number of aliphatic hydroxyl groups is 1. The molecule has 0 bridgehead atoms. The zero-order valence-electron chi connectivity index (χ0n) is 12.6. The third-order valence-electron chi connectivity index (χ3n) is 4.73. The van der Waals surface area contributed by atoms with Crippen LogP contribution in [0.15, 0.2) is 18.2 Å². The number of hydrogen-bond donors (Lipinski definition) is 2. The molecule has 4 heteroatoms. The number of piperidine rings is 1. The number of likely N-dealkylation sites (tertiary alicyclic amines) is 1. The largest absolute Gasteiger partial charge is 0.396 e. The fourth-order valence-electron chi connectivity index (χ4n) is 3.06. The van der Waals surface area contributed by atoms with Crippen molar-refractivity contribution < 1.29 is 9.90 Å². The summed E-state index contributed by atoms with van der Waals surface area (Å²) >= 11 is 0. The van der Waals surface area contributed by atoms with Gasteiger partial charge in [0.25, 0.3) is 5.91 Å². The molecule has 1 fully saturated rings. The van der Waals surface area contributed by atoms with Gasteiger partial charge in [-0.2, -0.15) is 0 Å². The lowest BCUT2D eigenvalue weighted by Crippen LogP contribution is -2.39. The summed E-state index contributed by atoms with van der Waals surface area (Å²) in [5.74, 6) is 0.418. The van der Waals surface area contributed by atoms with Crippen molar-refractivity contribution in [3.05, 3.63) is 35.0 Å². The van der Waals surface area contributed by atoms with Crippen molar-refractivity contribution in [2.24, 2.45) is 5.92 Å². The van der Waals surface area contributed by atoms with Gasteiger partial charge in [0.05, 0.1) is 0 Å². The Kier molecular flexibility index (Phi) is 3.72. The first-order chi connectivity index (χ1) is 10.1. The number of amides is 1. The average molecular weight is 286 g/mol. The number of H-pyrrole nitrogens is 1. The number of nitrogens with zero attached hydrogens (tertiary/aromatic N) is 1. The maximum Gasteiger partial charge on any atom is 0.270 e. The molecule has 0 unspecified atom stereocenters. The quantitative estimate of drug-likeness (QED) is 0.891. The smallest absolute Gasteiger partial charge is 0.270 e. The maximum atomic E-state index is 12.6. The maximum absolute atomic E-state index is 12.6. The van der Waals surface area contributed by atoms with E-state index in [0.717, 1.165) is 36.8 Å². The van der Waals surface area contributed by atoms with Crippen LogP contribution in [-0.4, -0.2) is 40.6 Å². The van der Waals surface area contributed by atoms with Gasteiger partial charge in [0.15, 0.2) is 0 Å². The number of aryl methyl sites for hydroxylation is 2. The molecule has 1 aliphatic heterocycles. The summed E-state index contributed by atoms with van der Waals surface area (Å²) < 4.78 is 0. The summed E-state index contributed by atoms with van der Waals surface area (Å²) in [6, 6.07) is 6.08. The first-order valence-corrected chi connectivity index (χ1v) is 7.59. The van der Waals surface area contributed by atoms with Crippen molar-refractivity contribution in [3.8, 4) is 0 Å². The Morgan fingerprint density at radius 3 is 2.71 bits per heavy atom. The van der Waals surface area contributed by atoms with Gasteiger partial charge >= 0.3 is 0 Å². The highest BCUT2D eigenvalue weighted by Gasteiger charge is 2.24. The molecule has 1 aliphatic rings. The molecule has 1 amide bonds. The Morgan fingerprint density at radius 1 is 1.33 bits per heavy atom. The van der Waals surface area contributed by atoms with Crippen LogP contribution in [-0.2, 0) is 0 Å². The summed E-state index contributed by atoms with van der Waals surface area (Å²) in [5.41, 5.74) is 4.15. The molecule has 21 heavy (non-hydrogen) atoms. The monoisotopic (exact) mass is 286 g/mol. The Bertz CT molecular complexity index is 667. The number of aromatic amines is 1. The van der Waals surface area contributed by atoms with Crippen LogP contribution in [0.3, 0.4) is 0 Å². The fraction of sp³-hybridized carbons (Fsp3) is 0.471. The van der Waals surface area contributed by atoms with Crippen molar-refractivity contribution in [2.75, 3.05) is 19.7 Å². The lowest BCUT2D eigenvalue weighted by molar-refractivity contribution is 0.0646. The summed E-state index contributed by atoms with van der Waals surface area (Å²) in [5, 5.41) is 10.3. The highest BCUT2D eigenvalue weighted by atomic mass is 16.3. The summed E-state index contributed by atoms with van der Waals surface area (Å²) in [4.78, 5) is 17.7. The van der Waals surface area contributed by atoms with Crippen molar-refractivity contribution in [3.63, 3.8) is 0 Å². The SMILES string of the molecule is Cc1ccc2[nH]c(C(=O)N3CCC(CO)CC3)cc2c1C. The minimum Gasteiger partial charge on any atom is -0.396 e. The molecule has 2 N–H and O–H groups in total. The van der Waals surface area contributed by atoms with Gasteiger partial charge in [0.2, 0.25) is 0 Å². The second-order valence-electron chi connectivity index (χ2n) is 6.07. The minimum absolute atomic E-state index is 0.0691. The molecule has 0 spiro atoms. The summed E-state index contributed by atoms with van der Waals surface area (Å²) in [7, 11) is 0. The molecule has 0 atom stereocenters. The first-order valence-electron chi connectivity index (χ1n) is 7.59. The molecule has 2 aromatic rings. The van der Waals surface area contributed by atoms with E-state index in [2.05, 4.69) is 24.9 Å². The number of aromatic nitrogens is 1. The molecular weight excluding hydrogens is 264 g/mol. The standard InChI is InChI=1S/C17H22N2O2/c1-11-3-4-15-14(12(11)2)9-16(18-15)17(21)19-7-5-13(10-20)6-8-19/h3-4,9,13,18,20H,5-8,10H2,1-2H3. The number of hydrogen-bond acceptors (Lipinski definition) is 2. The Hall–Kier alpha value is -1.81. The van der Waals surface area contributed by atoms with Crippen LogP contribution in [0.5, 0.6) is 0 Å². The van der Waals surface area contributed by atoms with Gasteiger partial charge in [-0.15, -0.1) is 0 Å². The van der Waals surface area contributed by atoms with Gasteiger partial charge in [0, 0.05) is 30.6 Å². The van der Waals surface area contributed by atoms with E-state index in [1.54, 1.807) is 0 Å². The topological polar surface area (TPSA) is 56.3 Å². The fourth-order valence-corrected chi connectivity index (χ4v) is 3.06. The second-order valence-corrected chi connectivity index (χ2v) is 6.07. The van der Waals surface area contributed by atoms with Crippen molar-refractivity contribution in [1.29, 1.82) is 0 Å². The highest BCUT2D eigenvalue weighted by molar-refractivity contribution is 5.99. The van der Waals surface area contributed by atoms with Gasteiger partial charge in [0.1, 0.15) is 5.69 Å². The van der Waals surface area contributed by atoms with Crippen molar-refractivity contribution in [2.45, 2.75) is 26.7 Å². The van der Waals surface area contributed by atoms with E-state index in [-0.39, 0.29) is 12.5 Å². The molecule has 1 aromatic heterocycles. The van der Waals surface area contributed by atoms with Crippen molar-refractivity contribution >= 4 is 16.8 Å². The number of rotatable bonds is 2. The number of carbonyl (C=O) groups excluding carboxylic acids is 1. The van der Waals surface area contributed by atoms with Crippen LogP contribution in [0.1, 0.15) is 34.5 Å². The van der Waals surface area contributed by atoms with Gasteiger partial charge in [-0.05, 0) is 55.9 Å². The second kappa shape index (κ2) is 5.53. The van der Waals surface area contributed by atoms with Gasteiger partial charge in [-0.1, -0.05) is 6.07 Å². The normalized spacial score (nSPS) is 16.6.